The molecular weight excluding hydrogens is 297 g/mol. The maximum atomic E-state index is 12.7. The second kappa shape index (κ2) is 5.12. The van der Waals surface area contributed by atoms with Crippen molar-refractivity contribution in [3.8, 4) is 0 Å². The van der Waals surface area contributed by atoms with Crippen molar-refractivity contribution in [2.75, 3.05) is 0 Å². The van der Waals surface area contributed by atoms with E-state index >= 15 is 0 Å². The van der Waals surface area contributed by atoms with Gasteiger partial charge in [0.15, 0.2) is 0 Å². The van der Waals surface area contributed by atoms with Crippen LogP contribution in [0, 0.1) is 0 Å². The molecule has 0 spiro atoms. The molecule has 0 radical (unpaired) electrons. The average molecular weight is 304 g/mol. The molecule has 1 N–H and O–H groups in total. The van der Waals surface area contributed by atoms with Crippen molar-refractivity contribution >= 4 is 17.7 Å². The van der Waals surface area contributed by atoms with Gasteiger partial charge < -0.3 is 5.11 Å². The number of carboxylic acid groups (broad SMARTS) is 1. The standard InChI is InChI=1S/C10H7F3N4O2S/c1-17-9(14-15-16-17)20-5-2-3-7(10(11,12)13)6(4-5)8(18)19/h2-4H,1H3,(H,18,19). The van der Waals surface area contributed by atoms with Crippen LogP contribution in [0.4, 0.5) is 13.2 Å². The van der Waals surface area contributed by atoms with Crippen molar-refractivity contribution in [1.29, 1.82) is 0 Å². The summed E-state index contributed by atoms with van der Waals surface area (Å²) < 4.78 is 39.3. The predicted molar refractivity (Wildman–Crippen MR) is 61.3 cm³/mol. The van der Waals surface area contributed by atoms with E-state index in [4.69, 9.17) is 5.11 Å². The molecule has 20 heavy (non-hydrogen) atoms. The van der Waals surface area contributed by atoms with Gasteiger partial charge in [0, 0.05) is 11.9 Å². The van der Waals surface area contributed by atoms with Crippen molar-refractivity contribution in [2.24, 2.45) is 7.05 Å². The Morgan fingerprint density at radius 3 is 2.60 bits per heavy atom. The van der Waals surface area contributed by atoms with E-state index in [1.54, 1.807) is 7.05 Å². The Kier molecular flexibility index (Phi) is 3.66. The Labute approximate surface area is 114 Å². The number of hydrogen-bond donors (Lipinski definition) is 1. The molecule has 1 aromatic carbocycles. The van der Waals surface area contributed by atoms with Gasteiger partial charge in [0.2, 0.25) is 5.16 Å². The second-order valence-electron chi connectivity index (χ2n) is 3.70. The highest BCUT2D eigenvalue weighted by molar-refractivity contribution is 7.99. The number of tetrazole rings is 1. The molecule has 0 fully saturated rings. The van der Waals surface area contributed by atoms with Gasteiger partial charge in [-0.2, -0.15) is 13.2 Å². The number of carbonyl (C=O) groups is 1. The maximum absolute atomic E-state index is 12.7. The molecule has 1 heterocycles. The van der Waals surface area contributed by atoms with E-state index in [0.717, 1.165) is 23.9 Å². The summed E-state index contributed by atoms with van der Waals surface area (Å²) in [6.07, 6.45) is -4.72. The average Bonchev–Trinajstić information content (AvgIpc) is 2.73. The van der Waals surface area contributed by atoms with Crippen LogP contribution in [0.5, 0.6) is 0 Å². The normalized spacial score (nSPS) is 11.6. The molecule has 0 atom stereocenters. The smallest absolute Gasteiger partial charge is 0.417 e. The summed E-state index contributed by atoms with van der Waals surface area (Å²) in [5.74, 6) is -1.64. The lowest BCUT2D eigenvalue weighted by atomic mass is 10.1. The fraction of sp³-hybridized carbons (Fsp3) is 0.200. The zero-order valence-electron chi connectivity index (χ0n) is 9.92. The topological polar surface area (TPSA) is 80.9 Å². The molecule has 0 saturated carbocycles. The van der Waals surface area contributed by atoms with Crippen LogP contribution in [-0.2, 0) is 13.2 Å². The van der Waals surface area contributed by atoms with Gasteiger partial charge >= 0.3 is 12.1 Å². The van der Waals surface area contributed by atoms with Gasteiger partial charge in [-0.3, -0.25) is 0 Å². The summed E-state index contributed by atoms with van der Waals surface area (Å²) in [6.45, 7) is 0. The molecule has 10 heteroatoms. The molecule has 1 aromatic heterocycles. The van der Waals surface area contributed by atoms with Crippen LogP contribution in [0.2, 0.25) is 0 Å². The van der Waals surface area contributed by atoms with Crippen LogP contribution in [0.15, 0.2) is 28.3 Å². The first-order valence-corrected chi connectivity index (χ1v) is 5.95. The quantitative estimate of drug-likeness (QED) is 0.935. The largest absolute Gasteiger partial charge is 0.478 e. The maximum Gasteiger partial charge on any atom is 0.417 e. The van der Waals surface area contributed by atoms with Crippen LogP contribution >= 0.6 is 11.8 Å². The molecule has 2 aromatic rings. The van der Waals surface area contributed by atoms with Crippen molar-refractivity contribution in [2.45, 2.75) is 16.2 Å². The molecule has 0 bridgehead atoms. The molecule has 106 valence electrons. The highest BCUT2D eigenvalue weighted by atomic mass is 32.2. The Morgan fingerprint density at radius 2 is 2.10 bits per heavy atom. The highest BCUT2D eigenvalue weighted by Gasteiger charge is 2.35. The number of benzene rings is 1. The van der Waals surface area contributed by atoms with Gasteiger partial charge in [-0.1, -0.05) is 0 Å². The minimum absolute atomic E-state index is 0.299. The SMILES string of the molecule is Cn1nnnc1Sc1ccc(C(F)(F)F)c(C(=O)O)c1. The molecule has 2 rings (SSSR count). The van der Waals surface area contributed by atoms with Gasteiger partial charge in [-0.25, -0.2) is 9.48 Å². The van der Waals surface area contributed by atoms with Crippen LogP contribution in [-0.4, -0.2) is 31.3 Å². The number of aromatic nitrogens is 4. The Balaban J connectivity index is 2.41. The van der Waals surface area contributed by atoms with Crippen molar-refractivity contribution in [1.82, 2.24) is 20.2 Å². The molecule has 0 aliphatic carbocycles. The summed E-state index contributed by atoms with van der Waals surface area (Å²) in [5, 5.41) is 19.8. The van der Waals surface area contributed by atoms with Crippen LogP contribution in [0.25, 0.3) is 0 Å². The van der Waals surface area contributed by atoms with Crippen molar-refractivity contribution in [3.05, 3.63) is 29.3 Å². The first kappa shape index (κ1) is 14.3. The summed E-state index contributed by atoms with van der Waals surface area (Å²) in [6, 6.07) is 2.86. The van der Waals surface area contributed by atoms with Crippen LogP contribution in [0.3, 0.4) is 0 Å². The first-order chi connectivity index (χ1) is 9.29. The molecule has 0 aliphatic rings. The first-order valence-electron chi connectivity index (χ1n) is 5.14. The minimum atomic E-state index is -4.72. The van der Waals surface area contributed by atoms with Gasteiger partial charge in [-0.05, 0) is 40.4 Å². The van der Waals surface area contributed by atoms with E-state index in [9.17, 15) is 18.0 Å². The third-order valence-corrected chi connectivity index (χ3v) is 3.34. The molecular formula is C10H7F3N4O2S. The Morgan fingerprint density at radius 1 is 1.40 bits per heavy atom. The number of hydrogen-bond acceptors (Lipinski definition) is 5. The van der Waals surface area contributed by atoms with Crippen LogP contribution in [0.1, 0.15) is 15.9 Å². The fourth-order valence-corrected chi connectivity index (χ4v) is 2.19. The molecule has 6 nitrogen and oxygen atoms in total. The number of halogens is 3. The lowest BCUT2D eigenvalue weighted by Crippen LogP contribution is -2.12. The third kappa shape index (κ3) is 2.90. The molecule has 0 saturated heterocycles. The Bertz CT molecular complexity index is 656. The fourth-order valence-electron chi connectivity index (χ4n) is 1.42. The number of alkyl halides is 3. The van der Waals surface area contributed by atoms with E-state index in [2.05, 4.69) is 15.5 Å². The lowest BCUT2D eigenvalue weighted by Gasteiger charge is -2.11. The van der Waals surface area contributed by atoms with Gasteiger partial charge in [-0.15, -0.1) is 5.10 Å². The van der Waals surface area contributed by atoms with E-state index < -0.39 is 23.3 Å². The molecule has 0 aliphatic heterocycles. The van der Waals surface area contributed by atoms with Crippen LogP contribution < -0.4 is 0 Å². The third-order valence-electron chi connectivity index (χ3n) is 2.32. The number of rotatable bonds is 3. The zero-order chi connectivity index (χ0) is 14.9. The van der Waals surface area contributed by atoms with Gasteiger partial charge in [0.25, 0.3) is 0 Å². The predicted octanol–water partition coefficient (Wildman–Crippen LogP) is 2.08. The second-order valence-corrected chi connectivity index (χ2v) is 4.74. The monoisotopic (exact) mass is 304 g/mol. The van der Waals surface area contributed by atoms with Gasteiger partial charge in [0.1, 0.15) is 0 Å². The summed E-state index contributed by atoms with van der Waals surface area (Å²) in [7, 11) is 1.56. The van der Waals surface area contributed by atoms with Crippen molar-refractivity contribution in [3.63, 3.8) is 0 Å². The number of aryl methyl sites for hydroxylation is 1. The highest BCUT2D eigenvalue weighted by Crippen LogP contribution is 2.35. The summed E-state index contributed by atoms with van der Waals surface area (Å²) in [4.78, 5) is 11.2. The molecule has 0 unspecified atom stereocenters. The minimum Gasteiger partial charge on any atom is -0.478 e. The van der Waals surface area contributed by atoms with E-state index in [-0.39, 0.29) is 0 Å². The van der Waals surface area contributed by atoms with Gasteiger partial charge in [0.05, 0.1) is 11.1 Å². The molecule has 0 amide bonds. The van der Waals surface area contributed by atoms with E-state index in [1.165, 1.54) is 10.7 Å². The number of carboxylic acids is 1. The summed E-state index contributed by atoms with van der Waals surface area (Å²) >= 11 is 0.968. The van der Waals surface area contributed by atoms with E-state index in [1.807, 2.05) is 0 Å². The van der Waals surface area contributed by atoms with Crippen molar-refractivity contribution < 1.29 is 23.1 Å². The lowest BCUT2D eigenvalue weighted by molar-refractivity contribution is -0.138. The summed E-state index contributed by atoms with van der Waals surface area (Å²) in [5.41, 5.74) is -2.00. The number of aromatic carboxylic acids is 1. The Hall–Kier alpha value is -2.10. The zero-order valence-corrected chi connectivity index (χ0v) is 10.7. The van der Waals surface area contributed by atoms with E-state index in [0.29, 0.717) is 10.1 Å². The number of nitrogens with zero attached hydrogens (tertiary/aromatic N) is 4.